The van der Waals surface area contributed by atoms with Gasteiger partial charge in [0.2, 0.25) is 0 Å². The number of allylic oxidation sites excluding steroid dienone is 2. The van der Waals surface area contributed by atoms with E-state index in [0.717, 1.165) is 22.8 Å². The van der Waals surface area contributed by atoms with Crippen molar-refractivity contribution < 1.29 is 49.0 Å². The summed E-state index contributed by atoms with van der Waals surface area (Å²) in [5, 5.41) is 46.6. The third-order valence-corrected chi connectivity index (χ3v) is 11.1. The Kier molecular flexibility index (Phi) is 15.8. The first-order valence-corrected chi connectivity index (χ1v) is 19.6. The molecule has 55 heavy (non-hydrogen) atoms. The lowest BCUT2D eigenvalue weighted by molar-refractivity contribution is -0.157. The van der Waals surface area contributed by atoms with Crippen molar-refractivity contribution in [2.45, 2.75) is 135 Å². The van der Waals surface area contributed by atoms with Crippen LogP contribution in [0.25, 0.3) is 10.8 Å². The Morgan fingerprint density at radius 1 is 1.15 bits per heavy atom. The summed E-state index contributed by atoms with van der Waals surface area (Å²) in [6, 6.07) is 13.9. The van der Waals surface area contributed by atoms with E-state index < -0.39 is 53.4 Å². The smallest absolute Gasteiger partial charge is 0.309 e. The van der Waals surface area contributed by atoms with E-state index >= 15 is 0 Å². The van der Waals surface area contributed by atoms with Crippen molar-refractivity contribution in [3.05, 3.63) is 84.0 Å². The van der Waals surface area contributed by atoms with Crippen LogP contribution in [-0.4, -0.2) is 111 Å². The van der Waals surface area contributed by atoms with Crippen LogP contribution in [0.2, 0.25) is 0 Å². The van der Waals surface area contributed by atoms with Gasteiger partial charge in [-0.3, -0.25) is 14.5 Å². The van der Waals surface area contributed by atoms with Gasteiger partial charge in [0.1, 0.15) is 23.9 Å². The van der Waals surface area contributed by atoms with Gasteiger partial charge in [-0.05, 0) is 74.1 Å². The Labute approximate surface area is 326 Å². The number of ether oxygens (including phenoxy) is 4. The molecule has 11 nitrogen and oxygen atoms in total. The minimum Gasteiger partial charge on any atom is -0.457 e. The van der Waals surface area contributed by atoms with Gasteiger partial charge in [0, 0.05) is 39.0 Å². The summed E-state index contributed by atoms with van der Waals surface area (Å²) in [7, 11) is 1.70. The van der Waals surface area contributed by atoms with Gasteiger partial charge in [0.15, 0.2) is 0 Å². The van der Waals surface area contributed by atoms with Crippen LogP contribution in [0.3, 0.4) is 0 Å². The molecule has 304 valence electrons. The molecule has 3 unspecified atom stereocenters. The number of cyclic esters (lactones) is 1. The summed E-state index contributed by atoms with van der Waals surface area (Å²) in [5.41, 5.74) is -1.22. The van der Waals surface area contributed by atoms with Crippen LogP contribution in [-0.2, 0) is 35.1 Å². The van der Waals surface area contributed by atoms with Gasteiger partial charge in [0.05, 0.1) is 43.0 Å². The van der Waals surface area contributed by atoms with Crippen LogP contribution in [0.15, 0.2) is 78.4 Å². The van der Waals surface area contributed by atoms with E-state index in [0.29, 0.717) is 18.7 Å². The zero-order chi connectivity index (χ0) is 40.5. The van der Waals surface area contributed by atoms with Crippen LogP contribution in [0.5, 0.6) is 0 Å². The second-order valence-electron chi connectivity index (χ2n) is 15.9. The first-order valence-electron chi connectivity index (χ1n) is 19.6. The van der Waals surface area contributed by atoms with E-state index in [1.165, 1.54) is 13.8 Å². The zero-order valence-electron chi connectivity index (χ0n) is 33.8. The number of rotatable bonds is 15. The monoisotopic (exact) mass is 765 g/mol. The minimum atomic E-state index is -1.47. The normalized spacial score (nSPS) is 30.1. The quantitative estimate of drug-likeness (QED) is 0.0795. The minimum absolute atomic E-state index is 0.0188. The van der Waals surface area contributed by atoms with Crippen LogP contribution in [0.1, 0.15) is 79.7 Å². The van der Waals surface area contributed by atoms with E-state index in [-0.39, 0.29) is 50.1 Å². The Bertz CT molecular complexity index is 1660. The first-order chi connectivity index (χ1) is 26.0. The summed E-state index contributed by atoms with van der Waals surface area (Å²) < 4.78 is 23.5. The number of epoxide rings is 1. The number of carbonyl (C=O) groups excluding carboxylic acids is 2. The van der Waals surface area contributed by atoms with Crippen LogP contribution < -0.4 is 0 Å². The summed E-state index contributed by atoms with van der Waals surface area (Å²) in [5.74, 6) is -1.49. The second-order valence-corrected chi connectivity index (χ2v) is 15.9. The molecule has 4 N–H and O–H groups in total. The third kappa shape index (κ3) is 12.0. The SMILES string of the molecule is CC[C@H](OC)[C@@H](C)[C@H]1O[C@@H]1C(N(CCO)Cc1ccc2ccccc2c1)C(C)(O)/C=C/C=C(\C)C1OC(=O)C[C@H](O)CC[C@@](C)(O)[C@@H](OC(C)=O)/C=C/[C@@H]1C. The zero-order valence-corrected chi connectivity index (χ0v) is 33.8. The molecular formula is C44H63NO10. The van der Waals surface area contributed by atoms with Gasteiger partial charge >= 0.3 is 11.9 Å². The lowest BCUT2D eigenvalue weighted by Crippen LogP contribution is -2.54. The number of nitrogens with zero attached hydrogens (tertiary/aromatic N) is 1. The van der Waals surface area contributed by atoms with Crippen LogP contribution >= 0.6 is 0 Å². The molecule has 4 rings (SSSR count). The molecule has 1 saturated heterocycles. The van der Waals surface area contributed by atoms with Gasteiger partial charge in [-0.25, -0.2) is 0 Å². The number of hydrogen-bond acceptors (Lipinski definition) is 11. The fourth-order valence-electron chi connectivity index (χ4n) is 7.92. The van der Waals surface area contributed by atoms with Crippen molar-refractivity contribution in [3.8, 4) is 0 Å². The second kappa shape index (κ2) is 19.6. The van der Waals surface area contributed by atoms with E-state index in [4.69, 9.17) is 18.9 Å². The molecule has 1 fully saturated rings. The topological polar surface area (TPSA) is 159 Å². The van der Waals surface area contributed by atoms with E-state index in [9.17, 15) is 30.0 Å². The number of aliphatic hydroxyl groups excluding tert-OH is 2. The maximum atomic E-state index is 13.0. The molecular weight excluding hydrogens is 702 g/mol. The molecule has 0 bridgehead atoms. The summed E-state index contributed by atoms with van der Waals surface area (Å²) in [6.07, 6.45) is 6.00. The Morgan fingerprint density at radius 3 is 2.51 bits per heavy atom. The van der Waals surface area contributed by atoms with E-state index in [1.54, 1.807) is 44.4 Å². The Hall–Kier alpha value is -3.42. The molecule has 2 aliphatic rings. The van der Waals surface area contributed by atoms with Crippen molar-refractivity contribution in [1.82, 2.24) is 4.90 Å². The number of carbonyl (C=O) groups is 2. The maximum Gasteiger partial charge on any atom is 0.309 e. The van der Waals surface area contributed by atoms with Crippen molar-refractivity contribution in [2.75, 3.05) is 20.3 Å². The molecule has 0 radical (unpaired) electrons. The highest BCUT2D eigenvalue weighted by Crippen LogP contribution is 2.41. The third-order valence-electron chi connectivity index (χ3n) is 11.1. The number of fused-ring (bicyclic) bond motifs is 1. The number of hydrogen-bond donors (Lipinski definition) is 4. The molecule has 0 aromatic heterocycles. The summed E-state index contributed by atoms with van der Waals surface area (Å²) >= 11 is 0. The fraction of sp³-hybridized carbons (Fsp3) is 0.591. The number of benzene rings is 2. The molecule has 2 aromatic rings. The van der Waals surface area contributed by atoms with E-state index in [2.05, 4.69) is 49.1 Å². The molecule has 2 aromatic carbocycles. The maximum absolute atomic E-state index is 13.0. The molecule has 0 amide bonds. The summed E-state index contributed by atoms with van der Waals surface area (Å²) in [6.45, 7) is 13.0. The van der Waals surface area contributed by atoms with Gasteiger partial charge < -0.3 is 39.4 Å². The predicted molar refractivity (Wildman–Crippen MR) is 212 cm³/mol. The van der Waals surface area contributed by atoms with Gasteiger partial charge in [-0.2, -0.15) is 0 Å². The van der Waals surface area contributed by atoms with Crippen molar-refractivity contribution in [3.63, 3.8) is 0 Å². The summed E-state index contributed by atoms with van der Waals surface area (Å²) in [4.78, 5) is 27.0. The molecule has 11 atom stereocenters. The van der Waals surface area contributed by atoms with Crippen molar-refractivity contribution in [2.24, 2.45) is 11.8 Å². The lowest BCUT2D eigenvalue weighted by Gasteiger charge is -2.39. The van der Waals surface area contributed by atoms with E-state index in [1.807, 2.05) is 26.0 Å². The van der Waals surface area contributed by atoms with Crippen molar-refractivity contribution >= 4 is 22.7 Å². The Morgan fingerprint density at radius 2 is 1.85 bits per heavy atom. The predicted octanol–water partition coefficient (Wildman–Crippen LogP) is 5.42. The highest BCUT2D eigenvalue weighted by Gasteiger charge is 2.56. The molecule has 0 spiro atoms. The Balaban J connectivity index is 1.66. The fourth-order valence-corrected chi connectivity index (χ4v) is 7.92. The molecule has 2 aliphatic heterocycles. The largest absolute Gasteiger partial charge is 0.457 e. The number of esters is 2. The van der Waals surface area contributed by atoms with Crippen LogP contribution in [0, 0.1) is 11.8 Å². The standard InChI is InChI=1S/C44H63NO10/c1-9-36(52-8)30(4)40-41(55-40)42(45(23-24-46)27-32-17-18-33-14-10-11-15-34(33)25-32)44(7,51)21-12-13-28(2)39-29(3)16-19-37(53-31(5)47)43(6,50)22-20-35(48)26-38(49)54-39/h10-19,21,25,29-30,35-37,39-42,46,48,50-51H,9,20,22-24,26-27H2,1-8H3/b19-16+,21-12+,28-13+/t29-,30+,35+,36-,37-,39?,40+,41-,42?,43+,44?/m0/s1. The number of aliphatic hydroxyl groups is 4. The first kappa shape index (κ1) is 44.3. The van der Waals surface area contributed by atoms with Gasteiger partial charge in [0.25, 0.3) is 0 Å². The average molecular weight is 766 g/mol. The van der Waals surface area contributed by atoms with Gasteiger partial charge in [-0.15, -0.1) is 0 Å². The lowest BCUT2D eigenvalue weighted by atomic mass is 9.85. The average Bonchev–Trinajstić information content (AvgIpc) is 3.91. The highest BCUT2D eigenvalue weighted by molar-refractivity contribution is 5.83. The molecule has 0 aliphatic carbocycles. The van der Waals surface area contributed by atoms with Gasteiger partial charge in [-0.1, -0.05) is 81.5 Å². The molecule has 0 saturated carbocycles. The van der Waals surface area contributed by atoms with Crippen LogP contribution in [0.4, 0.5) is 0 Å². The molecule has 2 heterocycles. The van der Waals surface area contributed by atoms with Crippen molar-refractivity contribution in [1.29, 1.82) is 0 Å². The highest BCUT2D eigenvalue weighted by atomic mass is 16.6. The molecule has 11 heteroatoms. The number of methoxy groups -OCH3 is 1.